The summed E-state index contributed by atoms with van der Waals surface area (Å²) in [5.74, 6) is -0.523. The molecule has 0 aliphatic heterocycles. The van der Waals surface area contributed by atoms with E-state index in [4.69, 9.17) is 5.73 Å². The minimum atomic E-state index is -0.631. The second kappa shape index (κ2) is 5.52. The smallest absolute Gasteiger partial charge is 0.257 e. The zero-order chi connectivity index (χ0) is 13.9. The van der Waals surface area contributed by atoms with Crippen molar-refractivity contribution in [3.05, 3.63) is 11.3 Å². The fourth-order valence-electron chi connectivity index (χ4n) is 1.48. The molecule has 0 aliphatic carbocycles. The Morgan fingerprint density at radius 2 is 1.89 bits per heavy atom. The third-order valence-electron chi connectivity index (χ3n) is 2.37. The maximum Gasteiger partial charge on any atom is 0.257 e. The van der Waals surface area contributed by atoms with Crippen LogP contribution in [0, 0.1) is 6.92 Å². The number of amides is 2. The Morgan fingerprint density at radius 1 is 1.28 bits per heavy atom. The van der Waals surface area contributed by atoms with E-state index in [0.29, 0.717) is 5.69 Å². The van der Waals surface area contributed by atoms with E-state index in [0.717, 1.165) is 0 Å². The Labute approximate surface area is 106 Å². The molecule has 2 amide bonds. The summed E-state index contributed by atoms with van der Waals surface area (Å²) < 4.78 is 0. The van der Waals surface area contributed by atoms with Crippen LogP contribution in [-0.4, -0.2) is 34.1 Å². The highest BCUT2D eigenvalue weighted by molar-refractivity contribution is 6.01. The summed E-state index contributed by atoms with van der Waals surface area (Å²) in [4.78, 5) is 23.6. The molecule has 1 atom stereocenters. The Hall–Kier alpha value is -2.05. The first-order valence-corrected chi connectivity index (χ1v) is 5.74. The van der Waals surface area contributed by atoms with E-state index in [9.17, 15) is 9.59 Å². The Balaban J connectivity index is 2.68. The molecule has 0 fully saturated rings. The number of nitrogens with one attached hydrogen (secondary N) is 3. The molecule has 0 bridgehead atoms. The number of nitrogen functional groups attached to an aromatic ring is 1. The van der Waals surface area contributed by atoms with Gasteiger partial charge in [0.05, 0.1) is 0 Å². The molecule has 0 saturated carbocycles. The van der Waals surface area contributed by atoms with Crippen molar-refractivity contribution in [1.82, 2.24) is 20.8 Å². The lowest BCUT2D eigenvalue weighted by Crippen LogP contribution is -2.46. The number of nitrogens with two attached hydrogens (primary N) is 1. The number of hydrogen-bond donors (Lipinski definition) is 4. The van der Waals surface area contributed by atoms with Crippen LogP contribution in [0.15, 0.2) is 0 Å². The van der Waals surface area contributed by atoms with Crippen LogP contribution in [0.1, 0.15) is 36.8 Å². The quantitative estimate of drug-likeness (QED) is 0.602. The number of anilines is 1. The average Bonchev–Trinajstić information content (AvgIpc) is 2.57. The van der Waals surface area contributed by atoms with Crippen molar-refractivity contribution in [2.75, 3.05) is 5.73 Å². The summed E-state index contributed by atoms with van der Waals surface area (Å²) in [6, 6.07) is -0.605. The van der Waals surface area contributed by atoms with Gasteiger partial charge in [-0.05, 0) is 27.7 Å². The number of hydrogen-bond acceptors (Lipinski definition) is 4. The molecule has 0 aromatic carbocycles. The van der Waals surface area contributed by atoms with Crippen LogP contribution < -0.4 is 16.4 Å². The van der Waals surface area contributed by atoms with E-state index >= 15 is 0 Å². The lowest BCUT2D eigenvalue weighted by molar-refractivity contribution is -0.123. The maximum atomic E-state index is 11.9. The molecule has 7 nitrogen and oxygen atoms in total. The van der Waals surface area contributed by atoms with Crippen molar-refractivity contribution < 1.29 is 9.59 Å². The van der Waals surface area contributed by atoms with Gasteiger partial charge in [-0.3, -0.25) is 14.7 Å². The van der Waals surface area contributed by atoms with E-state index in [-0.39, 0.29) is 23.3 Å². The highest BCUT2D eigenvalue weighted by Crippen LogP contribution is 2.11. The second-order valence-electron chi connectivity index (χ2n) is 4.47. The molecule has 18 heavy (non-hydrogen) atoms. The minimum absolute atomic E-state index is 0.0255. The van der Waals surface area contributed by atoms with Gasteiger partial charge < -0.3 is 16.4 Å². The van der Waals surface area contributed by atoms with Gasteiger partial charge in [-0.25, -0.2) is 0 Å². The highest BCUT2D eigenvalue weighted by Gasteiger charge is 2.21. The summed E-state index contributed by atoms with van der Waals surface area (Å²) in [5, 5.41) is 11.6. The van der Waals surface area contributed by atoms with E-state index in [1.165, 1.54) is 0 Å². The molecule has 5 N–H and O–H groups in total. The largest absolute Gasteiger partial charge is 0.382 e. The Morgan fingerprint density at radius 3 is 2.33 bits per heavy atom. The SMILES string of the molecule is Cc1[nH]nc(N)c1C(=O)NC(C)C(=O)NC(C)C. The zero-order valence-corrected chi connectivity index (χ0v) is 11.0. The molecular weight excluding hydrogens is 234 g/mol. The first-order valence-electron chi connectivity index (χ1n) is 5.74. The van der Waals surface area contributed by atoms with Crippen molar-refractivity contribution in [3.63, 3.8) is 0 Å². The van der Waals surface area contributed by atoms with Crippen molar-refractivity contribution in [1.29, 1.82) is 0 Å². The minimum Gasteiger partial charge on any atom is -0.382 e. The monoisotopic (exact) mass is 253 g/mol. The van der Waals surface area contributed by atoms with Gasteiger partial charge in [-0.15, -0.1) is 0 Å². The zero-order valence-electron chi connectivity index (χ0n) is 11.0. The van der Waals surface area contributed by atoms with Crippen molar-refractivity contribution in [2.45, 2.75) is 39.8 Å². The van der Waals surface area contributed by atoms with Gasteiger partial charge in [0.15, 0.2) is 5.82 Å². The normalized spacial score (nSPS) is 12.3. The molecule has 7 heteroatoms. The fraction of sp³-hybridized carbons (Fsp3) is 0.545. The fourth-order valence-corrected chi connectivity index (χ4v) is 1.48. The maximum absolute atomic E-state index is 11.9. The molecule has 1 unspecified atom stereocenters. The summed E-state index contributed by atoms with van der Waals surface area (Å²) in [7, 11) is 0. The van der Waals surface area contributed by atoms with E-state index in [1.807, 2.05) is 13.8 Å². The Bertz CT molecular complexity index is 433. The van der Waals surface area contributed by atoms with E-state index in [2.05, 4.69) is 20.8 Å². The summed E-state index contributed by atoms with van der Waals surface area (Å²) in [5.41, 5.74) is 6.42. The number of aromatic amines is 1. The van der Waals surface area contributed by atoms with Gasteiger partial charge in [0, 0.05) is 11.7 Å². The first kappa shape index (κ1) is 14.0. The van der Waals surface area contributed by atoms with Gasteiger partial charge in [-0.1, -0.05) is 0 Å². The third kappa shape index (κ3) is 3.22. The molecule has 1 aromatic heterocycles. The predicted octanol–water partition coefficient (Wildman–Crippen LogP) is -0.0568. The molecule has 1 heterocycles. The summed E-state index contributed by atoms with van der Waals surface area (Å²) >= 11 is 0. The van der Waals surface area contributed by atoms with Crippen molar-refractivity contribution in [3.8, 4) is 0 Å². The number of carbonyl (C=O) groups is 2. The van der Waals surface area contributed by atoms with Crippen molar-refractivity contribution in [2.24, 2.45) is 0 Å². The second-order valence-corrected chi connectivity index (χ2v) is 4.47. The lowest BCUT2D eigenvalue weighted by Gasteiger charge is -2.15. The number of aromatic nitrogens is 2. The van der Waals surface area contributed by atoms with E-state index < -0.39 is 11.9 Å². The van der Waals surface area contributed by atoms with Crippen LogP contribution in [0.25, 0.3) is 0 Å². The molecule has 0 spiro atoms. The van der Waals surface area contributed by atoms with Crippen LogP contribution in [0.2, 0.25) is 0 Å². The molecule has 1 aromatic rings. The van der Waals surface area contributed by atoms with Gasteiger partial charge in [0.2, 0.25) is 5.91 Å². The van der Waals surface area contributed by atoms with Crippen LogP contribution in [0.5, 0.6) is 0 Å². The number of rotatable bonds is 4. The van der Waals surface area contributed by atoms with Crippen LogP contribution in [-0.2, 0) is 4.79 Å². The van der Waals surface area contributed by atoms with Crippen LogP contribution in [0.3, 0.4) is 0 Å². The van der Waals surface area contributed by atoms with Crippen molar-refractivity contribution >= 4 is 17.6 Å². The van der Waals surface area contributed by atoms with Crippen LogP contribution >= 0.6 is 0 Å². The molecule has 0 radical (unpaired) electrons. The standard InChI is InChI=1S/C11H19N5O2/c1-5(2)13-10(17)7(4)14-11(18)8-6(3)15-16-9(8)12/h5,7H,1-4H3,(H,13,17)(H,14,18)(H3,12,15,16). The molecule has 100 valence electrons. The lowest BCUT2D eigenvalue weighted by atomic mass is 10.2. The summed E-state index contributed by atoms with van der Waals surface area (Å²) in [6.45, 7) is 7.01. The number of carbonyl (C=O) groups excluding carboxylic acids is 2. The highest BCUT2D eigenvalue weighted by atomic mass is 16.2. The van der Waals surface area contributed by atoms with Gasteiger partial charge in [-0.2, -0.15) is 5.10 Å². The third-order valence-corrected chi connectivity index (χ3v) is 2.37. The molecule has 0 saturated heterocycles. The molecule has 0 aliphatic rings. The van der Waals surface area contributed by atoms with Gasteiger partial charge >= 0.3 is 0 Å². The number of aryl methyl sites for hydroxylation is 1. The van der Waals surface area contributed by atoms with Gasteiger partial charge in [0.1, 0.15) is 11.6 Å². The topological polar surface area (TPSA) is 113 Å². The number of nitrogens with zero attached hydrogens (tertiary/aromatic N) is 1. The van der Waals surface area contributed by atoms with Gasteiger partial charge in [0.25, 0.3) is 5.91 Å². The molecule has 1 rings (SSSR count). The predicted molar refractivity (Wildman–Crippen MR) is 67.9 cm³/mol. The van der Waals surface area contributed by atoms with Crippen LogP contribution in [0.4, 0.5) is 5.82 Å². The first-order chi connectivity index (χ1) is 8.32. The average molecular weight is 253 g/mol. The number of H-pyrrole nitrogens is 1. The molecular formula is C11H19N5O2. The van der Waals surface area contributed by atoms with E-state index in [1.54, 1.807) is 13.8 Å². The summed E-state index contributed by atoms with van der Waals surface area (Å²) in [6.07, 6.45) is 0. The Kier molecular flexibility index (Phi) is 4.30.